The molecule has 0 unspecified atom stereocenters. The van der Waals surface area contributed by atoms with Crippen molar-refractivity contribution in [3.05, 3.63) is 34.9 Å². The number of amides is 1. The van der Waals surface area contributed by atoms with Gasteiger partial charge in [0.05, 0.1) is 6.42 Å². The summed E-state index contributed by atoms with van der Waals surface area (Å²) >= 11 is 6.08. The second-order valence-corrected chi connectivity index (χ2v) is 5.16. The van der Waals surface area contributed by atoms with Gasteiger partial charge in [-0.05, 0) is 37.6 Å². The van der Waals surface area contributed by atoms with Crippen molar-refractivity contribution in [2.75, 3.05) is 20.1 Å². The molecule has 0 radical (unpaired) electrons. The molecule has 1 aromatic rings. The minimum atomic E-state index is 0. The minimum absolute atomic E-state index is 0. The zero-order valence-corrected chi connectivity index (χ0v) is 12.6. The average Bonchev–Trinajstić information content (AvgIpc) is 2.41. The van der Waals surface area contributed by atoms with Gasteiger partial charge in [0.15, 0.2) is 0 Å². The number of carbonyl (C=O) groups is 1. The molecule has 0 saturated carbocycles. The smallest absolute Gasteiger partial charge is 0.227 e. The van der Waals surface area contributed by atoms with Crippen LogP contribution in [-0.4, -0.2) is 37.0 Å². The lowest BCUT2D eigenvalue weighted by Crippen LogP contribution is -2.44. The number of likely N-dealkylation sites (N-methyl/N-ethyl adjacent to an activating group) is 1. The second kappa shape index (κ2) is 7.73. The number of hydrogen-bond donors (Lipinski definition) is 1. The number of halogens is 2. The Balaban J connectivity index is 0.00000180. The van der Waals surface area contributed by atoms with Crippen molar-refractivity contribution >= 4 is 29.9 Å². The molecular weight excluding hydrogens is 283 g/mol. The molecule has 5 heteroatoms. The quantitative estimate of drug-likeness (QED) is 0.930. The Morgan fingerprint density at radius 2 is 2.00 bits per heavy atom. The summed E-state index contributed by atoms with van der Waals surface area (Å²) in [5.41, 5.74) is 0.907. The minimum Gasteiger partial charge on any atom is -0.342 e. The van der Waals surface area contributed by atoms with Gasteiger partial charge in [-0.2, -0.15) is 0 Å². The largest absolute Gasteiger partial charge is 0.342 e. The van der Waals surface area contributed by atoms with Gasteiger partial charge in [0, 0.05) is 18.1 Å². The number of nitrogens with one attached hydrogen (secondary N) is 1. The zero-order valence-electron chi connectivity index (χ0n) is 11.1. The number of hydrogen-bond acceptors (Lipinski definition) is 2. The zero-order chi connectivity index (χ0) is 13.0. The summed E-state index contributed by atoms with van der Waals surface area (Å²) in [5.74, 6) is 0.148. The van der Waals surface area contributed by atoms with Gasteiger partial charge in [-0.25, -0.2) is 0 Å². The van der Waals surface area contributed by atoms with Gasteiger partial charge in [-0.15, -0.1) is 12.4 Å². The summed E-state index contributed by atoms with van der Waals surface area (Å²) in [6.07, 6.45) is 2.45. The first-order valence-corrected chi connectivity index (χ1v) is 6.76. The SMILES string of the molecule is CN(C(=O)Cc1ccccc1Cl)C1CCNCC1.Cl. The Labute approximate surface area is 125 Å². The maximum atomic E-state index is 12.2. The highest BCUT2D eigenvalue weighted by Crippen LogP contribution is 2.17. The first-order valence-electron chi connectivity index (χ1n) is 6.38. The van der Waals surface area contributed by atoms with E-state index in [1.54, 1.807) is 0 Å². The molecule has 0 atom stereocenters. The molecule has 1 aliphatic rings. The summed E-state index contributed by atoms with van der Waals surface area (Å²) in [6.45, 7) is 1.99. The average molecular weight is 303 g/mol. The van der Waals surface area contributed by atoms with Crippen LogP contribution in [0.1, 0.15) is 18.4 Å². The molecule has 0 aliphatic carbocycles. The van der Waals surface area contributed by atoms with Crippen molar-refractivity contribution in [1.29, 1.82) is 0 Å². The lowest BCUT2D eigenvalue weighted by Gasteiger charge is -2.31. The topological polar surface area (TPSA) is 32.3 Å². The van der Waals surface area contributed by atoms with E-state index in [1.807, 2.05) is 36.2 Å². The lowest BCUT2D eigenvalue weighted by atomic mass is 10.0. The number of carbonyl (C=O) groups excluding carboxylic acids is 1. The Hall–Kier alpha value is -0.770. The van der Waals surface area contributed by atoms with Crippen molar-refractivity contribution in [2.24, 2.45) is 0 Å². The molecule has 0 spiro atoms. The number of benzene rings is 1. The van der Waals surface area contributed by atoms with Crippen LogP contribution >= 0.6 is 24.0 Å². The highest BCUT2D eigenvalue weighted by atomic mass is 35.5. The predicted octanol–water partition coefficient (Wildman–Crippen LogP) is 2.51. The van der Waals surface area contributed by atoms with Crippen molar-refractivity contribution < 1.29 is 4.79 Å². The van der Waals surface area contributed by atoms with Crippen LogP contribution in [-0.2, 0) is 11.2 Å². The van der Waals surface area contributed by atoms with Gasteiger partial charge in [0.25, 0.3) is 0 Å². The van der Waals surface area contributed by atoms with Gasteiger partial charge in [0.2, 0.25) is 5.91 Å². The highest BCUT2D eigenvalue weighted by Gasteiger charge is 2.22. The van der Waals surface area contributed by atoms with Crippen molar-refractivity contribution in [3.8, 4) is 0 Å². The molecule has 1 fully saturated rings. The molecule has 1 amide bonds. The van der Waals surface area contributed by atoms with E-state index < -0.39 is 0 Å². The van der Waals surface area contributed by atoms with Crippen LogP contribution in [0.4, 0.5) is 0 Å². The van der Waals surface area contributed by atoms with Crippen LogP contribution in [0, 0.1) is 0 Å². The van der Waals surface area contributed by atoms with E-state index >= 15 is 0 Å². The Morgan fingerprint density at radius 3 is 2.63 bits per heavy atom. The molecule has 0 aromatic heterocycles. The molecule has 1 saturated heterocycles. The van der Waals surface area contributed by atoms with Gasteiger partial charge < -0.3 is 10.2 Å². The third-order valence-electron chi connectivity index (χ3n) is 3.55. The Kier molecular flexibility index (Phi) is 6.63. The molecule has 106 valence electrons. The molecule has 2 rings (SSSR count). The molecule has 19 heavy (non-hydrogen) atoms. The summed E-state index contributed by atoms with van der Waals surface area (Å²) < 4.78 is 0. The molecular formula is C14H20Cl2N2O. The van der Waals surface area contributed by atoms with Crippen LogP contribution < -0.4 is 5.32 Å². The van der Waals surface area contributed by atoms with Crippen molar-refractivity contribution in [2.45, 2.75) is 25.3 Å². The summed E-state index contributed by atoms with van der Waals surface area (Å²) in [4.78, 5) is 14.1. The predicted molar refractivity (Wildman–Crippen MR) is 81.1 cm³/mol. The van der Waals surface area contributed by atoms with E-state index in [2.05, 4.69) is 5.32 Å². The Morgan fingerprint density at radius 1 is 1.37 bits per heavy atom. The first kappa shape index (κ1) is 16.3. The standard InChI is InChI=1S/C14H19ClN2O.ClH/c1-17(12-6-8-16-9-7-12)14(18)10-11-4-2-3-5-13(11)15;/h2-5,12,16H,6-10H2,1H3;1H. The van der Waals surface area contributed by atoms with E-state index in [4.69, 9.17) is 11.6 Å². The third-order valence-corrected chi connectivity index (χ3v) is 3.92. The van der Waals surface area contributed by atoms with E-state index in [-0.39, 0.29) is 18.3 Å². The number of rotatable bonds is 3. The van der Waals surface area contributed by atoms with Crippen molar-refractivity contribution in [3.63, 3.8) is 0 Å². The van der Waals surface area contributed by atoms with E-state index in [0.717, 1.165) is 31.5 Å². The summed E-state index contributed by atoms with van der Waals surface area (Å²) in [6, 6.07) is 7.90. The highest BCUT2D eigenvalue weighted by molar-refractivity contribution is 6.31. The van der Waals surface area contributed by atoms with Crippen LogP contribution in [0.5, 0.6) is 0 Å². The van der Waals surface area contributed by atoms with Crippen LogP contribution in [0.25, 0.3) is 0 Å². The number of nitrogens with zero attached hydrogens (tertiary/aromatic N) is 1. The molecule has 3 nitrogen and oxygen atoms in total. The molecule has 1 heterocycles. The molecule has 1 aromatic carbocycles. The molecule has 1 aliphatic heterocycles. The van der Waals surface area contributed by atoms with Gasteiger partial charge in [0.1, 0.15) is 0 Å². The maximum absolute atomic E-state index is 12.2. The van der Waals surface area contributed by atoms with Crippen LogP contribution in [0.2, 0.25) is 5.02 Å². The fourth-order valence-electron chi connectivity index (χ4n) is 2.33. The second-order valence-electron chi connectivity index (χ2n) is 4.75. The number of piperidine rings is 1. The summed E-state index contributed by atoms with van der Waals surface area (Å²) in [5, 5.41) is 3.98. The molecule has 0 bridgehead atoms. The van der Waals surface area contributed by atoms with Crippen LogP contribution in [0.15, 0.2) is 24.3 Å². The lowest BCUT2D eigenvalue weighted by molar-refractivity contribution is -0.131. The maximum Gasteiger partial charge on any atom is 0.227 e. The normalized spacial score (nSPS) is 15.7. The first-order chi connectivity index (χ1) is 8.68. The molecule has 1 N–H and O–H groups in total. The fraction of sp³-hybridized carbons (Fsp3) is 0.500. The van der Waals surface area contributed by atoms with E-state index in [9.17, 15) is 4.79 Å². The fourth-order valence-corrected chi connectivity index (χ4v) is 2.53. The summed E-state index contributed by atoms with van der Waals surface area (Å²) in [7, 11) is 1.90. The van der Waals surface area contributed by atoms with Gasteiger partial charge in [-0.3, -0.25) is 4.79 Å². The Bertz CT molecular complexity index is 420. The van der Waals surface area contributed by atoms with E-state index in [0.29, 0.717) is 17.5 Å². The van der Waals surface area contributed by atoms with Gasteiger partial charge in [-0.1, -0.05) is 29.8 Å². The monoisotopic (exact) mass is 302 g/mol. The van der Waals surface area contributed by atoms with E-state index in [1.165, 1.54) is 0 Å². The third kappa shape index (κ3) is 4.37. The van der Waals surface area contributed by atoms with Crippen LogP contribution in [0.3, 0.4) is 0 Å². The van der Waals surface area contributed by atoms with Crippen molar-refractivity contribution in [1.82, 2.24) is 10.2 Å². The van der Waals surface area contributed by atoms with Gasteiger partial charge >= 0.3 is 0 Å².